The number of rotatable bonds is 9. The smallest absolute Gasteiger partial charge is 0.255 e. The van der Waals surface area contributed by atoms with E-state index in [0.29, 0.717) is 28.7 Å². The first-order valence-corrected chi connectivity index (χ1v) is 13.1. The number of fused-ring (bicyclic) bond motifs is 1. The largest absolute Gasteiger partial charge is 0.387 e. The van der Waals surface area contributed by atoms with Crippen LogP contribution in [0.2, 0.25) is 0 Å². The lowest BCUT2D eigenvalue weighted by atomic mass is 10.1. The van der Waals surface area contributed by atoms with Gasteiger partial charge in [0.2, 0.25) is 10.0 Å². The molecule has 0 saturated heterocycles. The Morgan fingerprint density at radius 2 is 1.74 bits per heavy atom. The summed E-state index contributed by atoms with van der Waals surface area (Å²) in [4.78, 5) is 19.4. The average Bonchev–Trinajstić information content (AvgIpc) is 3.24. The van der Waals surface area contributed by atoms with Gasteiger partial charge in [-0.1, -0.05) is 60.7 Å². The van der Waals surface area contributed by atoms with Crippen LogP contribution in [0.5, 0.6) is 0 Å². The lowest BCUT2D eigenvalue weighted by molar-refractivity contribution is 0.0682. The van der Waals surface area contributed by atoms with Crippen molar-refractivity contribution < 1.29 is 18.3 Å². The van der Waals surface area contributed by atoms with E-state index in [0.717, 1.165) is 18.2 Å². The number of likely N-dealkylation sites (N-methyl/N-ethyl adjacent to an activating group) is 1. The molecular weight excluding hydrogens is 464 g/mol. The first-order valence-electron chi connectivity index (χ1n) is 11.2. The van der Waals surface area contributed by atoms with E-state index >= 15 is 0 Å². The number of nitrogens with one attached hydrogen (secondary N) is 1. The van der Waals surface area contributed by atoms with Crippen LogP contribution in [-0.2, 0) is 23.0 Å². The van der Waals surface area contributed by atoms with E-state index in [4.69, 9.17) is 0 Å². The van der Waals surface area contributed by atoms with Crippen LogP contribution in [0, 0.1) is 0 Å². The van der Waals surface area contributed by atoms with E-state index in [1.54, 1.807) is 31.6 Å². The Morgan fingerprint density at radius 1 is 1.09 bits per heavy atom. The van der Waals surface area contributed by atoms with Crippen molar-refractivity contribution >= 4 is 32.7 Å². The number of amides is 1. The minimum Gasteiger partial charge on any atom is -0.387 e. The molecule has 182 valence electrons. The molecular formula is C26H28N4O4S. The van der Waals surface area contributed by atoms with Gasteiger partial charge in [0.05, 0.1) is 47.5 Å². The first-order chi connectivity index (χ1) is 16.7. The summed E-state index contributed by atoms with van der Waals surface area (Å²) in [6, 6.07) is 22.3. The molecule has 0 saturated carbocycles. The zero-order valence-corrected chi connectivity index (χ0v) is 20.4. The summed E-state index contributed by atoms with van der Waals surface area (Å²) in [6.45, 7) is 0.669. The molecule has 0 bridgehead atoms. The summed E-state index contributed by atoms with van der Waals surface area (Å²) in [5, 5.41) is 10.6. The van der Waals surface area contributed by atoms with Gasteiger partial charge in [0.1, 0.15) is 0 Å². The molecule has 0 aliphatic carbocycles. The molecule has 9 heteroatoms. The minimum absolute atomic E-state index is 0.0756. The fraction of sp³-hybridized carbons (Fsp3) is 0.231. The Kier molecular flexibility index (Phi) is 7.18. The number of sulfonamides is 1. The van der Waals surface area contributed by atoms with Crippen LogP contribution in [0.1, 0.15) is 27.6 Å². The molecule has 1 aromatic heterocycles. The topological polar surface area (TPSA) is 105 Å². The summed E-state index contributed by atoms with van der Waals surface area (Å²) >= 11 is 0. The molecule has 1 amide bonds. The lowest BCUT2D eigenvalue weighted by Gasteiger charge is -2.22. The van der Waals surface area contributed by atoms with Crippen molar-refractivity contribution in [1.82, 2.24) is 14.5 Å². The molecule has 0 fully saturated rings. The molecule has 8 nitrogen and oxygen atoms in total. The molecule has 1 heterocycles. The van der Waals surface area contributed by atoms with E-state index in [2.05, 4.69) is 9.71 Å². The highest BCUT2D eigenvalue weighted by Gasteiger charge is 2.22. The first kappa shape index (κ1) is 24.4. The van der Waals surface area contributed by atoms with Crippen molar-refractivity contribution in [2.24, 2.45) is 0 Å². The standard InChI is InChI=1S/C26H28N4O4S/c1-29(17-24(31)20-11-7-4-8-12-20)26(32)22-15-21(28-35(2,33)34)16-23-25(22)30(18-27-23)14-13-19-9-5-3-6-10-19/h3-12,15-16,18,24,28,31H,13-14,17H2,1-2H3/t24-/m1/s1. The Labute approximate surface area is 204 Å². The fourth-order valence-electron chi connectivity index (χ4n) is 4.04. The normalized spacial score (nSPS) is 12.4. The number of imidazole rings is 1. The minimum atomic E-state index is -3.55. The zero-order chi connectivity index (χ0) is 25.0. The van der Waals surface area contributed by atoms with Crippen LogP contribution < -0.4 is 4.72 Å². The van der Waals surface area contributed by atoms with Gasteiger partial charge >= 0.3 is 0 Å². The van der Waals surface area contributed by atoms with E-state index in [-0.39, 0.29) is 18.1 Å². The number of hydrogen-bond donors (Lipinski definition) is 2. The van der Waals surface area contributed by atoms with Gasteiger partial charge in [-0.05, 0) is 29.7 Å². The van der Waals surface area contributed by atoms with Crippen LogP contribution >= 0.6 is 0 Å². The second kappa shape index (κ2) is 10.3. The molecule has 35 heavy (non-hydrogen) atoms. The van der Waals surface area contributed by atoms with Gasteiger partial charge in [-0.3, -0.25) is 9.52 Å². The maximum atomic E-state index is 13.6. The maximum absolute atomic E-state index is 13.6. The van der Waals surface area contributed by atoms with E-state index in [1.807, 2.05) is 53.1 Å². The molecule has 3 aromatic carbocycles. The monoisotopic (exact) mass is 492 g/mol. The van der Waals surface area contributed by atoms with Gasteiger partial charge in [0.15, 0.2) is 0 Å². The Hall–Kier alpha value is -3.69. The van der Waals surface area contributed by atoms with Crippen LogP contribution in [-0.4, -0.2) is 53.7 Å². The Balaban J connectivity index is 1.68. The predicted octanol–water partition coefficient (Wildman–Crippen LogP) is 3.46. The van der Waals surface area contributed by atoms with Gasteiger partial charge < -0.3 is 14.6 Å². The Bertz CT molecular complexity index is 1420. The SMILES string of the molecule is CN(C[C@@H](O)c1ccccc1)C(=O)c1cc(NS(C)(=O)=O)cc2ncn(CCc3ccccc3)c12. The summed E-state index contributed by atoms with van der Waals surface area (Å²) in [7, 11) is -1.94. The number of benzene rings is 3. The number of aryl methyl sites for hydroxylation is 2. The predicted molar refractivity (Wildman–Crippen MR) is 137 cm³/mol. The van der Waals surface area contributed by atoms with Crippen LogP contribution in [0.3, 0.4) is 0 Å². The molecule has 0 spiro atoms. The number of hydrogen-bond acceptors (Lipinski definition) is 5. The van der Waals surface area contributed by atoms with Crippen molar-refractivity contribution in [2.75, 3.05) is 24.6 Å². The molecule has 0 unspecified atom stereocenters. The summed E-state index contributed by atoms with van der Waals surface area (Å²) in [5.41, 5.74) is 3.55. The number of nitrogens with zero attached hydrogens (tertiary/aromatic N) is 3. The van der Waals surface area contributed by atoms with E-state index in [9.17, 15) is 18.3 Å². The van der Waals surface area contributed by atoms with Gasteiger partial charge in [0, 0.05) is 13.6 Å². The number of aromatic nitrogens is 2. The summed E-state index contributed by atoms with van der Waals surface area (Å²) in [6.07, 6.45) is 2.60. The van der Waals surface area contributed by atoms with Gasteiger partial charge in [-0.15, -0.1) is 0 Å². The lowest BCUT2D eigenvalue weighted by Crippen LogP contribution is -2.31. The Morgan fingerprint density at radius 3 is 2.40 bits per heavy atom. The van der Waals surface area contributed by atoms with Crippen molar-refractivity contribution in [3.05, 3.63) is 95.8 Å². The van der Waals surface area contributed by atoms with Crippen LogP contribution in [0.4, 0.5) is 5.69 Å². The van der Waals surface area contributed by atoms with E-state index in [1.165, 1.54) is 11.0 Å². The summed E-state index contributed by atoms with van der Waals surface area (Å²) in [5.74, 6) is -0.344. The second-order valence-corrected chi connectivity index (χ2v) is 10.3. The molecule has 1 atom stereocenters. The molecule has 0 radical (unpaired) electrons. The van der Waals surface area contributed by atoms with Crippen molar-refractivity contribution in [1.29, 1.82) is 0 Å². The molecule has 2 N–H and O–H groups in total. The van der Waals surface area contributed by atoms with E-state index < -0.39 is 16.1 Å². The zero-order valence-electron chi connectivity index (χ0n) is 19.6. The third-order valence-corrected chi connectivity index (χ3v) is 6.32. The third-order valence-electron chi connectivity index (χ3n) is 5.71. The van der Waals surface area contributed by atoms with Gasteiger partial charge in [-0.25, -0.2) is 13.4 Å². The molecule has 4 aromatic rings. The van der Waals surface area contributed by atoms with Crippen molar-refractivity contribution in [2.45, 2.75) is 19.1 Å². The van der Waals surface area contributed by atoms with Gasteiger partial charge in [0.25, 0.3) is 5.91 Å². The number of aliphatic hydroxyl groups is 1. The molecule has 4 rings (SSSR count). The third kappa shape index (κ3) is 6.06. The highest BCUT2D eigenvalue weighted by Crippen LogP contribution is 2.26. The number of carbonyl (C=O) groups is 1. The van der Waals surface area contributed by atoms with Crippen molar-refractivity contribution in [3.63, 3.8) is 0 Å². The molecule has 0 aliphatic heterocycles. The van der Waals surface area contributed by atoms with Crippen molar-refractivity contribution in [3.8, 4) is 0 Å². The number of aliphatic hydroxyl groups excluding tert-OH is 1. The number of anilines is 1. The average molecular weight is 493 g/mol. The van der Waals surface area contributed by atoms with Crippen LogP contribution in [0.25, 0.3) is 11.0 Å². The highest BCUT2D eigenvalue weighted by molar-refractivity contribution is 7.92. The van der Waals surface area contributed by atoms with Crippen LogP contribution in [0.15, 0.2) is 79.1 Å². The molecule has 0 aliphatic rings. The quantitative estimate of drug-likeness (QED) is 0.372. The fourth-order valence-corrected chi connectivity index (χ4v) is 4.58. The van der Waals surface area contributed by atoms with Gasteiger partial charge in [-0.2, -0.15) is 0 Å². The maximum Gasteiger partial charge on any atom is 0.255 e. The second-order valence-electron chi connectivity index (χ2n) is 8.55. The summed E-state index contributed by atoms with van der Waals surface area (Å²) < 4.78 is 28.1. The highest BCUT2D eigenvalue weighted by atomic mass is 32.2. The number of carbonyl (C=O) groups excluding carboxylic acids is 1.